The van der Waals surface area contributed by atoms with E-state index in [9.17, 15) is 27.5 Å². The number of halogens is 5. The Kier molecular flexibility index (Phi) is 9.84. The van der Waals surface area contributed by atoms with Crippen LogP contribution >= 0.6 is 11.6 Å². The quantitative estimate of drug-likeness (QED) is 0.198. The van der Waals surface area contributed by atoms with E-state index in [1.54, 1.807) is 19.9 Å². The summed E-state index contributed by atoms with van der Waals surface area (Å²) < 4.78 is 74.3. The zero-order chi connectivity index (χ0) is 33.3. The number of methoxy groups -OCH3 is 1. The Hall–Kier alpha value is -3.45. The van der Waals surface area contributed by atoms with Gasteiger partial charge in [0.25, 0.3) is 5.91 Å². The highest BCUT2D eigenvalue weighted by Gasteiger charge is 2.56. The fourth-order valence-corrected chi connectivity index (χ4v) is 5.46. The Morgan fingerprint density at radius 1 is 1.09 bits per heavy atom. The van der Waals surface area contributed by atoms with Crippen molar-refractivity contribution in [3.63, 3.8) is 0 Å². The third-order valence-corrected chi connectivity index (χ3v) is 8.53. The van der Waals surface area contributed by atoms with E-state index in [0.717, 1.165) is 12.8 Å². The molecule has 0 spiro atoms. The van der Waals surface area contributed by atoms with Crippen molar-refractivity contribution in [2.45, 2.75) is 69.2 Å². The number of pyridine rings is 1. The van der Waals surface area contributed by atoms with Gasteiger partial charge < -0.3 is 30.0 Å². The molecule has 13 heteroatoms. The van der Waals surface area contributed by atoms with Gasteiger partial charge in [-0.1, -0.05) is 23.7 Å². The van der Waals surface area contributed by atoms with Gasteiger partial charge in [0.15, 0.2) is 11.5 Å². The molecule has 2 aromatic carbocycles. The van der Waals surface area contributed by atoms with E-state index in [0.29, 0.717) is 36.5 Å². The van der Waals surface area contributed by atoms with Crippen LogP contribution in [0.5, 0.6) is 11.5 Å². The second-order valence-electron chi connectivity index (χ2n) is 12.1. The van der Waals surface area contributed by atoms with E-state index in [1.165, 1.54) is 49.6 Å². The number of nitrogens with zero attached hydrogens (tertiary/aromatic N) is 1. The molecular weight excluding hydrogens is 630 g/mol. The minimum absolute atomic E-state index is 0.0126. The fourth-order valence-electron chi connectivity index (χ4n) is 5.23. The number of aliphatic hydroxyl groups is 1. The smallest absolute Gasteiger partial charge is 0.424 e. The van der Waals surface area contributed by atoms with Crippen molar-refractivity contribution in [2.75, 3.05) is 26.9 Å². The molecule has 1 aromatic heterocycles. The van der Waals surface area contributed by atoms with Crippen LogP contribution in [0.3, 0.4) is 0 Å². The van der Waals surface area contributed by atoms with Crippen molar-refractivity contribution in [1.82, 2.24) is 15.6 Å². The lowest BCUT2D eigenvalue weighted by Gasteiger charge is -2.34. The Bertz CT molecular complexity index is 1580. The van der Waals surface area contributed by atoms with Gasteiger partial charge in [-0.15, -0.1) is 0 Å². The molecule has 46 heavy (non-hydrogen) atoms. The van der Waals surface area contributed by atoms with E-state index >= 15 is 0 Å². The molecule has 3 aromatic rings. The molecule has 1 amide bonds. The van der Waals surface area contributed by atoms with E-state index in [-0.39, 0.29) is 39.7 Å². The van der Waals surface area contributed by atoms with Crippen molar-refractivity contribution in [2.24, 2.45) is 0 Å². The first kappa shape index (κ1) is 33.9. The van der Waals surface area contributed by atoms with E-state index in [4.69, 9.17) is 25.8 Å². The molecule has 1 aliphatic heterocycles. The number of alkyl halides is 4. The summed E-state index contributed by atoms with van der Waals surface area (Å²) in [4.78, 5) is 17.3. The SMILES string of the molecule is COc1cc(C(=O)NCC(O)(c2cc(C(C)(C)NC3CCOC3)cc(-c3ccc(CF)c(Cl)c3)n2)C(F)(F)F)ccc1OC1CC1. The minimum Gasteiger partial charge on any atom is -0.493 e. The maximum atomic E-state index is 14.8. The number of carbonyl (C=O) groups excluding carboxylic acids is 1. The standard InChI is InChI=1S/C33H36ClF4N3O5/c1-31(2,41-23-10-11-45-17-23)22-14-26(19-4-5-21(16-35)25(34)12-19)40-29(15-22)32(43,33(36,37)38)18-39-30(42)20-6-9-27(28(13-20)44-3)46-24-7-8-24/h4-6,9,12-15,23-24,41,43H,7-8,10-11,16-18H2,1-3H3,(H,39,42). The van der Waals surface area contributed by atoms with Gasteiger partial charge in [0.1, 0.15) is 6.67 Å². The highest BCUT2D eigenvalue weighted by atomic mass is 35.5. The average Bonchev–Trinajstić information content (AvgIpc) is 3.70. The lowest BCUT2D eigenvalue weighted by atomic mass is 9.88. The lowest BCUT2D eigenvalue weighted by Crippen LogP contribution is -2.52. The van der Waals surface area contributed by atoms with Crippen LogP contribution < -0.4 is 20.1 Å². The van der Waals surface area contributed by atoms with Crippen molar-refractivity contribution in [3.8, 4) is 22.8 Å². The van der Waals surface area contributed by atoms with Crippen molar-refractivity contribution >= 4 is 17.5 Å². The van der Waals surface area contributed by atoms with Crippen molar-refractivity contribution < 1.29 is 41.7 Å². The van der Waals surface area contributed by atoms with Gasteiger partial charge >= 0.3 is 6.18 Å². The van der Waals surface area contributed by atoms with Gasteiger partial charge in [-0.2, -0.15) is 13.2 Å². The first-order valence-electron chi connectivity index (χ1n) is 14.9. The molecule has 248 valence electrons. The van der Waals surface area contributed by atoms with Gasteiger partial charge in [0.2, 0.25) is 5.60 Å². The molecule has 5 rings (SSSR count). The lowest BCUT2D eigenvalue weighted by molar-refractivity contribution is -0.265. The third-order valence-electron chi connectivity index (χ3n) is 8.18. The van der Waals surface area contributed by atoms with Crippen LogP contribution in [0.1, 0.15) is 60.3 Å². The summed E-state index contributed by atoms with van der Waals surface area (Å²) in [6.07, 6.45) is -2.68. The van der Waals surface area contributed by atoms with E-state index in [1.807, 2.05) is 0 Å². The first-order valence-corrected chi connectivity index (χ1v) is 15.3. The van der Waals surface area contributed by atoms with E-state index < -0.39 is 42.1 Å². The molecule has 1 aliphatic carbocycles. The van der Waals surface area contributed by atoms with Crippen molar-refractivity contribution in [1.29, 1.82) is 0 Å². The third kappa shape index (κ3) is 7.41. The largest absolute Gasteiger partial charge is 0.493 e. The average molecular weight is 666 g/mol. The normalized spacial score (nSPS) is 18.2. The van der Waals surface area contributed by atoms with Gasteiger partial charge in [-0.3, -0.25) is 4.79 Å². The molecule has 2 unspecified atom stereocenters. The number of rotatable bonds is 12. The summed E-state index contributed by atoms with van der Waals surface area (Å²) in [6.45, 7) is 2.52. The molecule has 1 saturated heterocycles. The Balaban J connectivity index is 1.51. The molecule has 1 saturated carbocycles. The molecule has 3 N–H and O–H groups in total. The zero-order valence-electron chi connectivity index (χ0n) is 25.6. The second-order valence-corrected chi connectivity index (χ2v) is 12.5. The van der Waals surface area contributed by atoms with Crippen LogP contribution in [0, 0.1) is 0 Å². The molecule has 2 heterocycles. The summed E-state index contributed by atoms with van der Waals surface area (Å²) in [7, 11) is 1.39. The maximum absolute atomic E-state index is 14.8. The summed E-state index contributed by atoms with van der Waals surface area (Å²) in [5.41, 5.74) is -4.23. The fraction of sp³-hybridized carbons (Fsp3) is 0.455. The number of ether oxygens (including phenoxy) is 3. The zero-order valence-corrected chi connectivity index (χ0v) is 26.4. The topological polar surface area (TPSA) is 102 Å². The number of hydrogen-bond acceptors (Lipinski definition) is 7. The summed E-state index contributed by atoms with van der Waals surface area (Å²) in [6, 6.07) is 11.4. The number of benzene rings is 2. The van der Waals surface area contributed by atoms with Gasteiger partial charge in [-0.25, -0.2) is 9.37 Å². The number of nitrogens with one attached hydrogen (secondary N) is 2. The summed E-state index contributed by atoms with van der Waals surface area (Å²) >= 11 is 6.24. The second kappa shape index (κ2) is 13.3. The minimum atomic E-state index is -5.25. The Morgan fingerprint density at radius 2 is 1.85 bits per heavy atom. The molecule has 0 radical (unpaired) electrons. The van der Waals surface area contributed by atoms with Gasteiger partial charge in [0.05, 0.1) is 37.8 Å². The van der Waals surface area contributed by atoms with Crippen LogP contribution in [-0.2, 0) is 22.6 Å². The highest BCUT2D eigenvalue weighted by Crippen LogP contribution is 2.41. The Labute approximate surface area is 269 Å². The predicted molar refractivity (Wildman–Crippen MR) is 164 cm³/mol. The van der Waals surface area contributed by atoms with Crippen LogP contribution in [-0.4, -0.2) is 61.2 Å². The molecule has 2 aliphatic rings. The molecular formula is C33H36ClF4N3O5. The number of carbonyl (C=O) groups is 1. The van der Waals surface area contributed by atoms with Crippen LogP contribution in [0.2, 0.25) is 5.02 Å². The molecule has 0 bridgehead atoms. The predicted octanol–water partition coefficient (Wildman–Crippen LogP) is 6.21. The van der Waals surface area contributed by atoms with Crippen LogP contribution in [0.15, 0.2) is 48.5 Å². The van der Waals surface area contributed by atoms with Crippen LogP contribution in [0.4, 0.5) is 17.6 Å². The van der Waals surface area contributed by atoms with Gasteiger partial charge in [-0.05, 0) is 75.1 Å². The molecule has 8 nitrogen and oxygen atoms in total. The molecule has 2 atom stereocenters. The number of aromatic nitrogens is 1. The number of hydrogen-bond donors (Lipinski definition) is 3. The van der Waals surface area contributed by atoms with Crippen LogP contribution in [0.25, 0.3) is 11.3 Å². The summed E-state index contributed by atoms with van der Waals surface area (Å²) in [5.74, 6) is -0.196. The monoisotopic (exact) mass is 665 g/mol. The summed E-state index contributed by atoms with van der Waals surface area (Å²) in [5, 5.41) is 17.1. The van der Waals surface area contributed by atoms with E-state index in [2.05, 4.69) is 15.6 Å². The maximum Gasteiger partial charge on any atom is 0.424 e. The number of amides is 1. The Morgan fingerprint density at radius 3 is 2.46 bits per heavy atom. The first-order chi connectivity index (χ1) is 21.7. The van der Waals surface area contributed by atoms with Gasteiger partial charge in [0, 0.05) is 39.9 Å². The van der Waals surface area contributed by atoms with Crippen molar-refractivity contribution in [3.05, 3.63) is 75.9 Å². The highest BCUT2D eigenvalue weighted by molar-refractivity contribution is 6.31. The molecule has 2 fully saturated rings.